The third-order valence-corrected chi connectivity index (χ3v) is 2.96. The van der Waals surface area contributed by atoms with Crippen molar-refractivity contribution in [1.82, 2.24) is 15.1 Å². The standard InChI is InChI=1S/C13H16ClN3O/c1-15-8-10-7-12(17(2)16-10)11-6-9(14)4-5-13(11)18-3/h4-7,15H,8H2,1-3H3. The average molecular weight is 266 g/mol. The minimum absolute atomic E-state index is 0.683. The van der Waals surface area contributed by atoms with E-state index >= 15 is 0 Å². The summed E-state index contributed by atoms with van der Waals surface area (Å²) >= 11 is 6.05. The monoisotopic (exact) mass is 265 g/mol. The topological polar surface area (TPSA) is 39.1 Å². The Bertz CT molecular complexity index is 551. The SMILES string of the molecule is CNCc1cc(-c2cc(Cl)ccc2OC)n(C)n1. The van der Waals surface area contributed by atoms with Crippen molar-refractivity contribution in [2.75, 3.05) is 14.2 Å². The number of methoxy groups -OCH3 is 1. The molecule has 2 aromatic rings. The first-order valence-electron chi connectivity index (χ1n) is 5.67. The van der Waals surface area contributed by atoms with E-state index in [-0.39, 0.29) is 0 Å². The second-order valence-electron chi connectivity index (χ2n) is 4.02. The lowest BCUT2D eigenvalue weighted by atomic mass is 10.1. The molecule has 0 aliphatic rings. The number of nitrogens with zero attached hydrogens (tertiary/aromatic N) is 2. The second-order valence-corrected chi connectivity index (χ2v) is 4.46. The van der Waals surface area contributed by atoms with Crippen molar-refractivity contribution >= 4 is 11.6 Å². The number of halogens is 1. The summed E-state index contributed by atoms with van der Waals surface area (Å²) in [6.07, 6.45) is 0. The molecule has 1 heterocycles. The molecule has 0 amide bonds. The van der Waals surface area contributed by atoms with Gasteiger partial charge in [0, 0.05) is 24.2 Å². The zero-order valence-electron chi connectivity index (χ0n) is 10.7. The van der Waals surface area contributed by atoms with Crippen LogP contribution in [-0.2, 0) is 13.6 Å². The van der Waals surface area contributed by atoms with Crippen LogP contribution in [0, 0.1) is 0 Å². The molecule has 96 valence electrons. The van der Waals surface area contributed by atoms with E-state index in [4.69, 9.17) is 16.3 Å². The summed E-state index contributed by atoms with van der Waals surface area (Å²) in [7, 11) is 5.46. The lowest BCUT2D eigenvalue weighted by Crippen LogP contribution is -2.05. The number of hydrogen-bond donors (Lipinski definition) is 1. The molecule has 1 aromatic heterocycles. The van der Waals surface area contributed by atoms with Gasteiger partial charge in [-0.3, -0.25) is 4.68 Å². The summed E-state index contributed by atoms with van der Waals surface area (Å²) in [6, 6.07) is 7.60. The highest BCUT2D eigenvalue weighted by Crippen LogP contribution is 2.32. The molecule has 2 rings (SSSR count). The van der Waals surface area contributed by atoms with Crippen LogP contribution in [-0.4, -0.2) is 23.9 Å². The molecule has 0 aliphatic carbocycles. The van der Waals surface area contributed by atoms with Gasteiger partial charge in [0.25, 0.3) is 0 Å². The molecule has 4 nitrogen and oxygen atoms in total. The molecule has 0 atom stereocenters. The highest BCUT2D eigenvalue weighted by molar-refractivity contribution is 6.30. The van der Waals surface area contributed by atoms with Crippen molar-refractivity contribution in [2.24, 2.45) is 7.05 Å². The van der Waals surface area contributed by atoms with E-state index in [1.54, 1.807) is 7.11 Å². The molecular formula is C13H16ClN3O. The van der Waals surface area contributed by atoms with E-state index in [9.17, 15) is 0 Å². The quantitative estimate of drug-likeness (QED) is 0.923. The van der Waals surface area contributed by atoms with E-state index < -0.39 is 0 Å². The van der Waals surface area contributed by atoms with Gasteiger partial charge in [0.15, 0.2) is 0 Å². The fourth-order valence-corrected chi connectivity index (χ4v) is 2.10. The van der Waals surface area contributed by atoms with E-state index in [0.717, 1.165) is 29.2 Å². The number of rotatable bonds is 4. The van der Waals surface area contributed by atoms with E-state index in [1.165, 1.54) is 0 Å². The van der Waals surface area contributed by atoms with Crippen molar-refractivity contribution in [3.05, 3.63) is 35.0 Å². The van der Waals surface area contributed by atoms with Crippen molar-refractivity contribution in [2.45, 2.75) is 6.54 Å². The first kappa shape index (κ1) is 12.9. The summed E-state index contributed by atoms with van der Waals surface area (Å²) in [4.78, 5) is 0. The molecule has 0 aliphatic heterocycles. The zero-order valence-corrected chi connectivity index (χ0v) is 11.5. The molecule has 0 saturated carbocycles. The molecule has 0 unspecified atom stereocenters. The number of benzene rings is 1. The van der Waals surface area contributed by atoms with E-state index in [0.29, 0.717) is 5.02 Å². The molecule has 18 heavy (non-hydrogen) atoms. The predicted molar refractivity (Wildman–Crippen MR) is 73.0 cm³/mol. The maximum absolute atomic E-state index is 6.05. The van der Waals surface area contributed by atoms with Gasteiger partial charge in [0.2, 0.25) is 0 Å². The summed E-state index contributed by atoms with van der Waals surface area (Å²) in [5, 5.41) is 8.20. The van der Waals surface area contributed by atoms with Gasteiger partial charge in [-0.25, -0.2) is 0 Å². The van der Waals surface area contributed by atoms with Crippen molar-refractivity contribution < 1.29 is 4.74 Å². The van der Waals surface area contributed by atoms with Crippen LogP contribution >= 0.6 is 11.6 Å². The lowest BCUT2D eigenvalue weighted by molar-refractivity contribution is 0.416. The Labute approximate surface area is 112 Å². The van der Waals surface area contributed by atoms with Crippen LogP contribution in [0.4, 0.5) is 0 Å². The molecule has 0 fully saturated rings. The second kappa shape index (κ2) is 5.42. The van der Waals surface area contributed by atoms with Gasteiger partial charge in [-0.15, -0.1) is 0 Å². The van der Waals surface area contributed by atoms with E-state index in [1.807, 2.05) is 43.0 Å². The third kappa shape index (κ3) is 2.49. The number of nitrogens with one attached hydrogen (secondary N) is 1. The number of ether oxygens (including phenoxy) is 1. The van der Waals surface area contributed by atoms with Gasteiger partial charge >= 0.3 is 0 Å². The van der Waals surface area contributed by atoms with Crippen LogP contribution in [0.5, 0.6) is 5.75 Å². The Morgan fingerprint density at radius 1 is 1.39 bits per heavy atom. The summed E-state index contributed by atoms with van der Waals surface area (Å²) in [5.74, 6) is 0.790. The predicted octanol–water partition coefficient (Wildman–Crippen LogP) is 2.47. The van der Waals surface area contributed by atoms with Crippen molar-refractivity contribution in [3.8, 4) is 17.0 Å². The number of aromatic nitrogens is 2. The van der Waals surface area contributed by atoms with Gasteiger partial charge < -0.3 is 10.1 Å². The fraction of sp³-hybridized carbons (Fsp3) is 0.308. The summed E-state index contributed by atoms with van der Waals surface area (Å²) in [6.45, 7) is 0.733. The third-order valence-electron chi connectivity index (χ3n) is 2.73. The molecule has 0 saturated heterocycles. The minimum atomic E-state index is 0.683. The number of hydrogen-bond acceptors (Lipinski definition) is 3. The Kier molecular flexibility index (Phi) is 3.89. The highest BCUT2D eigenvalue weighted by Gasteiger charge is 2.12. The Hall–Kier alpha value is -1.52. The largest absolute Gasteiger partial charge is 0.496 e. The zero-order chi connectivity index (χ0) is 13.1. The number of aryl methyl sites for hydroxylation is 1. The normalized spacial score (nSPS) is 10.7. The molecule has 0 bridgehead atoms. The molecule has 5 heteroatoms. The van der Waals surface area contributed by atoms with Gasteiger partial charge in [0.05, 0.1) is 18.5 Å². The average Bonchev–Trinajstić information content (AvgIpc) is 2.70. The summed E-state index contributed by atoms with van der Waals surface area (Å²) in [5.41, 5.74) is 2.92. The van der Waals surface area contributed by atoms with Crippen LogP contribution < -0.4 is 10.1 Å². The highest BCUT2D eigenvalue weighted by atomic mass is 35.5. The molecule has 1 aromatic carbocycles. The van der Waals surface area contributed by atoms with Gasteiger partial charge in [0.1, 0.15) is 5.75 Å². The first-order valence-corrected chi connectivity index (χ1v) is 6.05. The van der Waals surface area contributed by atoms with Crippen LogP contribution in [0.3, 0.4) is 0 Å². The van der Waals surface area contributed by atoms with Crippen LogP contribution in [0.1, 0.15) is 5.69 Å². The van der Waals surface area contributed by atoms with Gasteiger partial charge in [-0.1, -0.05) is 11.6 Å². The molecule has 0 spiro atoms. The van der Waals surface area contributed by atoms with Gasteiger partial charge in [-0.05, 0) is 31.3 Å². The Morgan fingerprint density at radius 3 is 2.83 bits per heavy atom. The minimum Gasteiger partial charge on any atom is -0.496 e. The molecular weight excluding hydrogens is 250 g/mol. The fourth-order valence-electron chi connectivity index (χ4n) is 1.93. The van der Waals surface area contributed by atoms with Crippen LogP contribution in [0.2, 0.25) is 5.02 Å². The van der Waals surface area contributed by atoms with Crippen LogP contribution in [0.25, 0.3) is 11.3 Å². The van der Waals surface area contributed by atoms with Crippen LogP contribution in [0.15, 0.2) is 24.3 Å². The lowest BCUT2D eigenvalue weighted by Gasteiger charge is -2.08. The maximum Gasteiger partial charge on any atom is 0.128 e. The van der Waals surface area contributed by atoms with Crippen molar-refractivity contribution in [1.29, 1.82) is 0 Å². The maximum atomic E-state index is 6.05. The van der Waals surface area contributed by atoms with E-state index in [2.05, 4.69) is 10.4 Å². The first-order chi connectivity index (χ1) is 8.65. The molecule has 0 radical (unpaired) electrons. The van der Waals surface area contributed by atoms with Gasteiger partial charge in [-0.2, -0.15) is 5.10 Å². The Balaban J connectivity index is 2.50. The Morgan fingerprint density at radius 2 is 2.17 bits per heavy atom. The molecule has 1 N–H and O–H groups in total. The van der Waals surface area contributed by atoms with Crippen molar-refractivity contribution in [3.63, 3.8) is 0 Å². The summed E-state index contributed by atoms with van der Waals surface area (Å²) < 4.78 is 7.20. The smallest absolute Gasteiger partial charge is 0.128 e.